The number of hydrogen-bond acceptors (Lipinski definition) is 5. The highest BCUT2D eigenvalue weighted by atomic mass is 19.1. The zero-order valence-electron chi connectivity index (χ0n) is 12.9. The third kappa shape index (κ3) is 3.81. The van der Waals surface area contributed by atoms with Crippen LogP contribution in [-0.2, 0) is 0 Å². The van der Waals surface area contributed by atoms with Gasteiger partial charge in [-0.25, -0.2) is 14.4 Å². The van der Waals surface area contributed by atoms with Crippen molar-refractivity contribution < 1.29 is 9.18 Å². The number of benzene rings is 1. The molecule has 0 saturated carbocycles. The molecule has 1 aromatic carbocycles. The van der Waals surface area contributed by atoms with Crippen LogP contribution in [-0.4, -0.2) is 54.0 Å². The minimum absolute atomic E-state index is 0.290. The van der Waals surface area contributed by atoms with Gasteiger partial charge in [-0.1, -0.05) is 0 Å². The van der Waals surface area contributed by atoms with E-state index in [0.717, 1.165) is 32.0 Å². The minimum Gasteiger partial charge on any atom is -0.354 e. The van der Waals surface area contributed by atoms with Gasteiger partial charge in [0.2, 0.25) is 0 Å². The summed E-state index contributed by atoms with van der Waals surface area (Å²) in [5, 5.41) is 2.70. The first-order valence-corrected chi connectivity index (χ1v) is 7.44. The van der Waals surface area contributed by atoms with E-state index in [4.69, 9.17) is 0 Å². The Kier molecular flexibility index (Phi) is 4.47. The van der Waals surface area contributed by atoms with Gasteiger partial charge in [0.1, 0.15) is 23.7 Å². The van der Waals surface area contributed by atoms with Gasteiger partial charge >= 0.3 is 0 Å². The third-order valence-electron chi connectivity index (χ3n) is 3.81. The zero-order chi connectivity index (χ0) is 16.2. The van der Waals surface area contributed by atoms with E-state index < -0.39 is 0 Å². The molecule has 1 aliphatic rings. The number of aromatic nitrogens is 2. The maximum absolute atomic E-state index is 12.9. The first-order valence-electron chi connectivity index (χ1n) is 7.44. The molecule has 1 aromatic heterocycles. The van der Waals surface area contributed by atoms with Crippen LogP contribution in [0.1, 0.15) is 10.5 Å². The highest BCUT2D eigenvalue weighted by Crippen LogP contribution is 2.15. The lowest BCUT2D eigenvalue weighted by Gasteiger charge is -2.33. The number of nitrogens with one attached hydrogen (secondary N) is 1. The van der Waals surface area contributed by atoms with Gasteiger partial charge in [-0.15, -0.1) is 0 Å². The monoisotopic (exact) mass is 315 g/mol. The summed E-state index contributed by atoms with van der Waals surface area (Å²) >= 11 is 0. The Morgan fingerprint density at radius 1 is 1.13 bits per heavy atom. The number of likely N-dealkylation sites (N-methyl/N-ethyl adjacent to an activating group) is 1. The number of nitrogens with zero attached hydrogens (tertiary/aromatic N) is 4. The van der Waals surface area contributed by atoms with Crippen molar-refractivity contribution in [1.29, 1.82) is 0 Å². The number of hydrogen-bond donors (Lipinski definition) is 1. The molecule has 23 heavy (non-hydrogen) atoms. The van der Waals surface area contributed by atoms with Crippen molar-refractivity contribution in [1.82, 2.24) is 14.9 Å². The molecule has 7 heteroatoms. The number of amides is 1. The number of anilines is 2. The summed E-state index contributed by atoms with van der Waals surface area (Å²) in [5.74, 6) is 0.0640. The number of carbonyl (C=O) groups excluding carboxylic acids is 1. The van der Waals surface area contributed by atoms with Crippen molar-refractivity contribution in [3.8, 4) is 0 Å². The van der Waals surface area contributed by atoms with E-state index in [2.05, 4.69) is 32.1 Å². The van der Waals surface area contributed by atoms with Gasteiger partial charge in [-0.3, -0.25) is 4.79 Å². The molecule has 0 radical (unpaired) electrons. The van der Waals surface area contributed by atoms with E-state index in [1.807, 2.05) is 0 Å². The van der Waals surface area contributed by atoms with Gasteiger partial charge in [-0.05, 0) is 31.3 Å². The lowest BCUT2D eigenvalue weighted by Crippen LogP contribution is -2.44. The molecule has 0 atom stereocenters. The van der Waals surface area contributed by atoms with Crippen molar-refractivity contribution >= 4 is 17.4 Å². The first kappa shape index (κ1) is 15.4. The Bertz CT molecular complexity index is 683. The first-order chi connectivity index (χ1) is 11.1. The average Bonchev–Trinajstić information content (AvgIpc) is 2.58. The van der Waals surface area contributed by atoms with E-state index in [9.17, 15) is 9.18 Å². The topological polar surface area (TPSA) is 61.4 Å². The smallest absolute Gasteiger partial charge is 0.274 e. The molecule has 6 nitrogen and oxygen atoms in total. The summed E-state index contributed by atoms with van der Waals surface area (Å²) in [6.07, 6.45) is 1.40. The normalized spacial score (nSPS) is 15.5. The Labute approximate surface area is 134 Å². The van der Waals surface area contributed by atoms with Gasteiger partial charge in [-0.2, -0.15) is 0 Å². The van der Waals surface area contributed by atoms with Crippen molar-refractivity contribution in [2.45, 2.75) is 0 Å². The van der Waals surface area contributed by atoms with E-state index in [-0.39, 0.29) is 11.7 Å². The number of halogens is 1. The number of piperazine rings is 1. The van der Waals surface area contributed by atoms with Crippen LogP contribution >= 0.6 is 0 Å². The molecule has 2 aromatic rings. The van der Waals surface area contributed by atoms with Crippen LogP contribution in [0.15, 0.2) is 36.7 Å². The van der Waals surface area contributed by atoms with Crippen molar-refractivity contribution in [2.75, 3.05) is 43.4 Å². The molecule has 1 amide bonds. The summed E-state index contributed by atoms with van der Waals surface area (Å²) in [6.45, 7) is 3.65. The number of carbonyl (C=O) groups is 1. The highest BCUT2D eigenvalue weighted by Gasteiger charge is 2.17. The van der Waals surface area contributed by atoms with Crippen LogP contribution < -0.4 is 10.2 Å². The van der Waals surface area contributed by atoms with Crippen LogP contribution in [0.4, 0.5) is 15.9 Å². The second-order valence-corrected chi connectivity index (χ2v) is 5.51. The fourth-order valence-corrected chi connectivity index (χ4v) is 2.41. The van der Waals surface area contributed by atoms with Crippen molar-refractivity contribution in [2.24, 2.45) is 0 Å². The van der Waals surface area contributed by atoms with E-state index in [1.165, 1.54) is 30.6 Å². The average molecular weight is 315 g/mol. The van der Waals surface area contributed by atoms with E-state index in [0.29, 0.717) is 11.4 Å². The Balaban J connectivity index is 1.71. The molecule has 120 valence electrons. The molecule has 0 unspecified atom stereocenters. The van der Waals surface area contributed by atoms with Crippen LogP contribution in [0.2, 0.25) is 0 Å². The lowest BCUT2D eigenvalue weighted by atomic mass is 10.2. The van der Waals surface area contributed by atoms with Crippen LogP contribution in [0.25, 0.3) is 0 Å². The lowest BCUT2D eigenvalue weighted by molar-refractivity contribution is 0.102. The van der Waals surface area contributed by atoms with Gasteiger partial charge in [0.25, 0.3) is 5.91 Å². The van der Waals surface area contributed by atoms with Crippen molar-refractivity contribution in [3.05, 3.63) is 48.2 Å². The molecule has 0 spiro atoms. The predicted octanol–water partition coefficient (Wildman–Crippen LogP) is 1.62. The second kappa shape index (κ2) is 6.70. The molecular weight excluding hydrogens is 297 g/mol. The summed E-state index contributed by atoms with van der Waals surface area (Å²) in [4.78, 5) is 24.9. The maximum Gasteiger partial charge on any atom is 0.274 e. The van der Waals surface area contributed by atoms with E-state index >= 15 is 0 Å². The zero-order valence-corrected chi connectivity index (χ0v) is 12.9. The largest absolute Gasteiger partial charge is 0.354 e. The predicted molar refractivity (Wildman–Crippen MR) is 86.1 cm³/mol. The summed E-state index contributed by atoms with van der Waals surface area (Å²) in [6, 6.07) is 7.30. The molecule has 3 rings (SSSR count). The van der Waals surface area contributed by atoms with Gasteiger partial charge in [0.05, 0.1) is 0 Å². The Morgan fingerprint density at radius 3 is 2.52 bits per heavy atom. The highest BCUT2D eigenvalue weighted by molar-refractivity contribution is 6.03. The van der Waals surface area contributed by atoms with E-state index in [1.54, 1.807) is 6.07 Å². The Hall–Kier alpha value is -2.54. The standard InChI is InChI=1S/C16H18FN5O/c1-21-6-8-22(9-7-21)15-10-14(18-11-19-15)16(23)20-13-4-2-12(17)3-5-13/h2-5,10-11H,6-9H2,1H3,(H,20,23). The van der Waals surface area contributed by atoms with Gasteiger partial charge in [0, 0.05) is 37.9 Å². The number of rotatable bonds is 3. The molecule has 2 heterocycles. The molecule has 0 aliphatic carbocycles. The van der Waals surface area contributed by atoms with Crippen LogP contribution in [0.5, 0.6) is 0 Å². The van der Waals surface area contributed by atoms with Crippen molar-refractivity contribution in [3.63, 3.8) is 0 Å². The molecular formula is C16H18FN5O. The van der Waals surface area contributed by atoms with Crippen LogP contribution in [0.3, 0.4) is 0 Å². The summed E-state index contributed by atoms with van der Waals surface area (Å²) in [7, 11) is 2.08. The molecule has 1 saturated heterocycles. The van der Waals surface area contributed by atoms with Gasteiger partial charge in [0.15, 0.2) is 0 Å². The van der Waals surface area contributed by atoms with Crippen LogP contribution in [0, 0.1) is 5.82 Å². The third-order valence-corrected chi connectivity index (χ3v) is 3.81. The molecule has 1 N–H and O–H groups in total. The summed E-state index contributed by atoms with van der Waals surface area (Å²) in [5.41, 5.74) is 0.814. The Morgan fingerprint density at radius 2 is 1.83 bits per heavy atom. The molecule has 1 aliphatic heterocycles. The second-order valence-electron chi connectivity index (χ2n) is 5.51. The fraction of sp³-hybridized carbons (Fsp3) is 0.312. The maximum atomic E-state index is 12.9. The SMILES string of the molecule is CN1CCN(c2cc(C(=O)Nc3ccc(F)cc3)ncn2)CC1. The quantitative estimate of drug-likeness (QED) is 0.932. The molecule has 1 fully saturated rings. The minimum atomic E-state index is -0.345. The molecule has 0 bridgehead atoms. The summed E-state index contributed by atoms with van der Waals surface area (Å²) < 4.78 is 12.9. The fourth-order valence-electron chi connectivity index (χ4n) is 2.41. The van der Waals surface area contributed by atoms with Gasteiger partial charge < -0.3 is 15.1 Å².